The number of hydrogen-bond donors (Lipinski definition) is 1. The summed E-state index contributed by atoms with van der Waals surface area (Å²) in [5.74, 6) is -0.463. The number of halogens is 2. The van der Waals surface area contributed by atoms with Gasteiger partial charge in [-0.2, -0.15) is 0 Å². The van der Waals surface area contributed by atoms with E-state index in [1.54, 1.807) is 30.3 Å². The van der Waals surface area contributed by atoms with Gasteiger partial charge in [0.15, 0.2) is 5.43 Å². The first-order valence-electron chi connectivity index (χ1n) is 9.99. The first-order valence-corrected chi connectivity index (χ1v) is 10.7. The van der Waals surface area contributed by atoms with E-state index in [-0.39, 0.29) is 11.0 Å². The molecule has 0 saturated heterocycles. The number of nitrogens with zero attached hydrogens (tertiary/aromatic N) is 1. The van der Waals surface area contributed by atoms with E-state index in [1.807, 2.05) is 29.7 Å². The van der Waals surface area contributed by atoms with E-state index in [2.05, 4.69) is 12.2 Å². The first-order chi connectivity index (χ1) is 14.4. The van der Waals surface area contributed by atoms with E-state index in [1.165, 1.54) is 6.07 Å². The van der Waals surface area contributed by atoms with Crippen LogP contribution >= 0.6 is 23.2 Å². The highest BCUT2D eigenvalue weighted by atomic mass is 35.5. The van der Waals surface area contributed by atoms with Crippen LogP contribution in [-0.2, 0) is 6.42 Å². The minimum atomic E-state index is -0.463. The number of aryl methyl sites for hydroxylation is 1. The predicted molar refractivity (Wildman–Crippen MR) is 124 cm³/mol. The number of pyridine rings is 1. The number of nitrogens with one attached hydrogen (secondary N) is 1. The van der Waals surface area contributed by atoms with Crippen LogP contribution in [0.2, 0.25) is 10.0 Å². The number of amides is 1. The largest absolute Gasteiger partial charge is 0.320 e. The van der Waals surface area contributed by atoms with Crippen LogP contribution in [-0.4, -0.2) is 10.5 Å². The smallest absolute Gasteiger partial charge is 0.261 e. The molecule has 0 fully saturated rings. The van der Waals surface area contributed by atoms with Crippen molar-refractivity contribution in [3.8, 4) is 5.69 Å². The molecule has 1 N–H and O–H groups in total. The van der Waals surface area contributed by atoms with Crippen LogP contribution < -0.4 is 10.7 Å². The third kappa shape index (κ3) is 4.94. The lowest BCUT2D eigenvalue weighted by atomic mass is 10.0. The summed E-state index contributed by atoms with van der Waals surface area (Å²) in [5.41, 5.74) is 2.55. The van der Waals surface area contributed by atoms with Gasteiger partial charge in [0.05, 0.1) is 10.7 Å². The number of unbranched alkanes of at least 4 members (excludes halogenated alkanes) is 2. The molecule has 0 aliphatic rings. The Labute approximate surface area is 186 Å². The quantitative estimate of drug-likeness (QED) is 0.428. The number of benzene rings is 2. The fraction of sp³-hybridized carbons (Fsp3) is 0.250. The van der Waals surface area contributed by atoms with Crippen molar-refractivity contribution in [1.29, 1.82) is 0 Å². The Morgan fingerprint density at radius 2 is 1.80 bits per heavy atom. The molecule has 1 amide bonds. The Balaban J connectivity index is 2.15. The van der Waals surface area contributed by atoms with Gasteiger partial charge < -0.3 is 9.88 Å². The molecule has 4 nitrogen and oxygen atoms in total. The molecule has 0 atom stereocenters. The van der Waals surface area contributed by atoms with E-state index >= 15 is 0 Å². The zero-order valence-corrected chi connectivity index (χ0v) is 18.6. The molecule has 0 bridgehead atoms. The van der Waals surface area contributed by atoms with Crippen LogP contribution in [0.5, 0.6) is 0 Å². The van der Waals surface area contributed by atoms with Crippen molar-refractivity contribution in [3.63, 3.8) is 0 Å². The normalized spacial score (nSPS) is 10.8. The molecule has 156 valence electrons. The Kier molecular flexibility index (Phi) is 7.35. The van der Waals surface area contributed by atoms with Crippen molar-refractivity contribution >= 4 is 34.8 Å². The third-order valence-corrected chi connectivity index (χ3v) is 5.49. The SMILES string of the molecule is CCCCCc1c(C(=O)Nc2ccccc2Cl)c(=O)cc(C)n1-c1cccc(Cl)c1. The molecule has 1 heterocycles. The average Bonchev–Trinajstić information content (AvgIpc) is 2.69. The minimum Gasteiger partial charge on any atom is -0.320 e. The van der Waals surface area contributed by atoms with Crippen LogP contribution in [0.1, 0.15) is 47.9 Å². The fourth-order valence-electron chi connectivity index (χ4n) is 3.54. The molecule has 6 heteroatoms. The number of rotatable bonds is 7. The number of carbonyl (C=O) groups is 1. The van der Waals surface area contributed by atoms with Crippen molar-refractivity contribution in [2.24, 2.45) is 0 Å². The topological polar surface area (TPSA) is 51.1 Å². The number of aromatic nitrogens is 1. The van der Waals surface area contributed by atoms with Gasteiger partial charge in [-0.3, -0.25) is 9.59 Å². The molecular formula is C24H24Cl2N2O2. The summed E-state index contributed by atoms with van der Waals surface area (Å²) < 4.78 is 1.95. The highest BCUT2D eigenvalue weighted by Gasteiger charge is 2.21. The van der Waals surface area contributed by atoms with Crippen LogP contribution in [0.3, 0.4) is 0 Å². The molecule has 3 aromatic rings. The maximum Gasteiger partial charge on any atom is 0.261 e. The summed E-state index contributed by atoms with van der Waals surface area (Å²) in [6.07, 6.45) is 3.51. The molecule has 0 saturated carbocycles. The molecule has 2 aromatic carbocycles. The average molecular weight is 443 g/mol. The third-order valence-electron chi connectivity index (χ3n) is 4.93. The molecular weight excluding hydrogens is 419 g/mol. The number of carbonyl (C=O) groups excluding carboxylic acids is 1. The number of anilines is 1. The molecule has 0 aliphatic carbocycles. The molecule has 3 rings (SSSR count). The summed E-state index contributed by atoms with van der Waals surface area (Å²) in [4.78, 5) is 26.1. The second-order valence-electron chi connectivity index (χ2n) is 7.18. The molecule has 0 radical (unpaired) electrons. The summed E-state index contributed by atoms with van der Waals surface area (Å²) >= 11 is 12.4. The van der Waals surface area contributed by atoms with Gasteiger partial charge in [-0.15, -0.1) is 0 Å². The van der Waals surface area contributed by atoms with Gasteiger partial charge in [0.25, 0.3) is 5.91 Å². The Morgan fingerprint density at radius 1 is 1.03 bits per heavy atom. The first kappa shape index (κ1) is 22.1. The van der Waals surface area contributed by atoms with Crippen LogP contribution in [0.4, 0.5) is 5.69 Å². The monoisotopic (exact) mass is 442 g/mol. The van der Waals surface area contributed by atoms with Gasteiger partial charge in [0, 0.05) is 28.2 Å². The summed E-state index contributed by atoms with van der Waals surface area (Å²) in [6, 6.07) is 15.9. The van der Waals surface area contributed by atoms with Crippen LogP contribution in [0.25, 0.3) is 5.69 Å². The second kappa shape index (κ2) is 9.96. The maximum atomic E-state index is 13.2. The maximum absolute atomic E-state index is 13.2. The lowest BCUT2D eigenvalue weighted by molar-refractivity contribution is 0.102. The van der Waals surface area contributed by atoms with E-state index in [0.29, 0.717) is 27.8 Å². The summed E-state index contributed by atoms with van der Waals surface area (Å²) in [7, 11) is 0. The zero-order chi connectivity index (χ0) is 21.7. The lowest BCUT2D eigenvalue weighted by Gasteiger charge is -2.20. The zero-order valence-electron chi connectivity index (χ0n) is 17.0. The molecule has 1 aromatic heterocycles. The summed E-state index contributed by atoms with van der Waals surface area (Å²) in [5, 5.41) is 3.80. The van der Waals surface area contributed by atoms with Crippen molar-refractivity contribution in [1.82, 2.24) is 4.57 Å². The van der Waals surface area contributed by atoms with E-state index in [4.69, 9.17) is 23.2 Å². The van der Waals surface area contributed by atoms with Gasteiger partial charge in [-0.25, -0.2) is 0 Å². The molecule has 30 heavy (non-hydrogen) atoms. The van der Waals surface area contributed by atoms with Gasteiger partial charge in [0.1, 0.15) is 5.56 Å². The Morgan fingerprint density at radius 3 is 2.50 bits per heavy atom. The van der Waals surface area contributed by atoms with Gasteiger partial charge in [-0.05, 0) is 50.1 Å². The molecule has 0 unspecified atom stereocenters. The number of hydrogen-bond acceptors (Lipinski definition) is 2. The van der Waals surface area contributed by atoms with Gasteiger partial charge in [0.2, 0.25) is 0 Å². The predicted octanol–water partition coefficient (Wildman–Crippen LogP) is 6.44. The van der Waals surface area contributed by atoms with Crippen LogP contribution in [0.15, 0.2) is 59.4 Å². The molecule has 0 aliphatic heterocycles. The standard InChI is InChI=1S/C24H24Cl2N2O2/c1-3-4-5-13-21-23(24(30)27-20-12-7-6-11-19(20)26)22(29)14-16(2)28(21)18-10-8-9-17(25)15-18/h6-12,14-15H,3-5,13H2,1-2H3,(H,27,30). The van der Waals surface area contributed by atoms with Gasteiger partial charge >= 0.3 is 0 Å². The highest BCUT2D eigenvalue weighted by molar-refractivity contribution is 6.34. The van der Waals surface area contributed by atoms with E-state index in [0.717, 1.165) is 30.6 Å². The highest BCUT2D eigenvalue weighted by Crippen LogP contribution is 2.24. The van der Waals surface area contributed by atoms with Crippen LogP contribution in [0, 0.1) is 6.92 Å². The van der Waals surface area contributed by atoms with Crippen molar-refractivity contribution in [3.05, 3.63) is 91.8 Å². The minimum absolute atomic E-state index is 0.136. The van der Waals surface area contributed by atoms with Gasteiger partial charge in [-0.1, -0.05) is 61.2 Å². The second-order valence-corrected chi connectivity index (χ2v) is 8.02. The van der Waals surface area contributed by atoms with Crippen molar-refractivity contribution in [2.75, 3.05) is 5.32 Å². The number of para-hydroxylation sites is 1. The lowest BCUT2D eigenvalue weighted by Crippen LogP contribution is -2.28. The summed E-state index contributed by atoms with van der Waals surface area (Å²) in [6.45, 7) is 3.98. The Bertz CT molecular complexity index is 1120. The van der Waals surface area contributed by atoms with E-state index < -0.39 is 5.91 Å². The van der Waals surface area contributed by atoms with E-state index in [9.17, 15) is 9.59 Å². The molecule has 0 spiro atoms. The fourth-order valence-corrected chi connectivity index (χ4v) is 3.91. The van der Waals surface area contributed by atoms with Crippen molar-refractivity contribution in [2.45, 2.75) is 39.5 Å². The van der Waals surface area contributed by atoms with Crippen molar-refractivity contribution < 1.29 is 4.79 Å². The Hall–Kier alpha value is -2.56.